The number of carboxylic acid groups (broad SMARTS) is 1. The summed E-state index contributed by atoms with van der Waals surface area (Å²) in [7, 11) is 0. The van der Waals surface area contributed by atoms with E-state index in [4.69, 9.17) is 5.73 Å². The van der Waals surface area contributed by atoms with Crippen LogP contribution in [0.2, 0.25) is 0 Å². The lowest BCUT2D eigenvalue weighted by molar-refractivity contribution is -0.384. The van der Waals surface area contributed by atoms with Crippen LogP contribution in [0.15, 0.2) is 84.9 Å². The number of carbonyl (C=O) groups is 3. The average molecular weight is 521 g/mol. The predicted octanol–water partition coefficient (Wildman–Crippen LogP) is 1.50. The van der Waals surface area contributed by atoms with Crippen molar-refractivity contribution in [3.05, 3.63) is 112 Å². The van der Waals surface area contributed by atoms with E-state index in [1.807, 2.05) is 0 Å². The Bertz CT molecular complexity index is 1250. The number of nitrogens with one attached hydrogen (secondary N) is 2. The molecule has 3 aromatic carbocycles. The van der Waals surface area contributed by atoms with Crippen molar-refractivity contribution in [3.63, 3.8) is 0 Å². The fourth-order valence-corrected chi connectivity index (χ4v) is 3.79. The third-order valence-corrected chi connectivity index (χ3v) is 5.90. The molecule has 4 atom stereocenters. The predicted molar refractivity (Wildman–Crippen MR) is 138 cm³/mol. The van der Waals surface area contributed by atoms with E-state index in [0.29, 0.717) is 11.1 Å². The van der Waals surface area contributed by atoms with Crippen molar-refractivity contribution in [2.75, 3.05) is 0 Å². The lowest BCUT2D eigenvalue weighted by Crippen LogP contribution is -2.56. The van der Waals surface area contributed by atoms with Crippen LogP contribution in [0.5, 0.6) is 0 Å². The Kier molecular flexibility index (Phi) is 9.63. The number of rotatable bonds is 12. The normalized spacial score (nSPS) is 13.9. The minimum Gasteiger partial charge on any atom is -0.480 e. The molecule has 0 saturated carbocycles. The first kappa shape index (κ1) is 28.0. The summed E-state index contributed by atoms with van der Waals surface area (Å²) < 4.78 is 0. The van der Waals surface area contributed by atoms with Crippen molar-refractivity contribution >= 4 is 23.5 Å². The molecule has 6 N–H and O–H groups in total. The van der Waals surface area contributed by atoms with Crippen LogP contribution in [0.4, 0.5) is 5.69 Å². The second-order valence-electron chi connectivity index (χ2n) is 8.66. The smallest absolute Gasteiger partial charge is 0.326 e. The van der Waals surface area contributed by atoms with Crippen LogP contribution < -0.4 is 16.4 Å². The number of nitro groups is 1. The Morgan fingerprint density at radius 1 is 0.789 bits per heavy atom. The summed E-state index contributed by atoms with van der Waals surface area (Å²) in [4.78, 5) is 48.3. The van der Waals surface area contributed by atoms with E-state index >= 15 is 0 Å². The van der Waals surface area contributed by atoms with Gasteiger partial charge in [-0.1, -0.05) is 60.7 Å². The molecule has 38 heavy (non-hydrogen) atoms. The van der Waals surface area contributed by atoms with Crippen LogP contribution in [0, 0.1) is 10.1 Å². The second-order valence-corrected chi connectivity index (χ2v) is 8.66. The van der Waals surface area contributed by atoms with Gasteiger partial charge in [0.05, 0.1) is 4.92 Å². The van der Waals surface area contributed by atoms with Gasteiger partial charge in [0.25, 0.3) is 5.69 Å². The van der Waals surface area contributed by atoms with Crippen molar-refractivity contribution in [3.8, 4) is 0 Å². The lowest BCUT2D eigenvalue weighted by atomic mass is 10.00. The summed E-state index contributed by atoms with van der Waals surface area (Å²) in [6.45, 7) is 0. The molecule has 0 heterocycles. The van der Waals surface area contributed by atoms with Crippen LogP contribution in [0.3, 0.4) is 0 Å². The highest BCUT2D eigenvalue weighted by molar-refractivity contribution is 5.92. The van der Waals surface area contributed by atoms with Gasteiger partial charge in [0, 0.05) is 25.0 Å². The van der Waals surface area contributed by atoms with Crippen molar-refractivity contribution in [2.45, 2.75) is 37.1 Å². The van der Waals surface area contributed by atoms with Gasteiger partial charge in [0.2, 0.25) is 11.8 Å². The third kappa shape index (κ3) is 7.69. The Labute approximate surface area is 218 Å². The molecule has 0 saturated heterocycles. The molecule has 0 unspecified atom stereocenters. The largest absolute Gasteiger partial charge is 0.480 e. The van der Waals surface area contributed by atoms with Gasteiger partial charge >= 0.3 is 5.97 Å². The number of amides is 2. The highest BCUT2D eigenvalue weighted by Crippen LogP contribution is 2.20. The van der Waals surface area contributed by atoms with Crippen LogP contribution in [-0.2, 0) is 27.2 Å². The number of aliphatic carboxylic acids is 1. The fourth-order valence-electron chi connectivity index (χ4n) is 3.79. The SMILES string of the molecule is N[C@@H](C(=O)N[C@@H](Cc1ccccc1)C(=O)N[C@@H](Cc1ccccc1)C(=O)O)[C@@H](O)c1ccc([N+](=O)[O-])cc1. The van der Waals surface area contributed by atoms with Gasteiger partial charge in [-0.25, -0.2) is 4.79 Å². The molecule has 0 bridgehead atoms. The van der Waals surface area contributed by atoms with Gasteiger partial charge in [-0.2, -0.15) is 0 Å². The third-order valence-electron chi connectivity index (χ3n) is 5.90. The maximum Gasteiger partial charge on any atom is 0.326 e. The Morgan fingerprint density at radius 2 is 1.26 bits per heavy atom. The molecule has 11 nitrogen and oxygen atoms in total. The fraction of sp³-hybridized carbons (Fsp3) is 0.222. The maximum atomic E-state index is 13.2. The molecule has 2 amide bonds. The Balaban J connectivity index is 1.76. The van der Waals surface area contributed by atoms with E-state index in [1.54, 1.807) is 60.7 Å². The maximum absolute atomic E-state index is 13.2. The number of nitrogens with zero attached hydrogens (tertiary/aromatic N) is 1. The van der Waals surface area contributed by atoms with Crippen molar-refractivity contribution in [1.82, 2.24) is 10.6 Å². The van der Waals surface area contributed by atoms with Crippen molar-refractivity contribution in [1.29, 1.82) is 0 Å². The first-order valence-electron chi connectivity index (χ1n) is 11.7. The minimum absolute atomic E-state index is 0.0340. The number of hydrogen-bond acceptors (Lipinski definition) is 7. The number of nitrogens with two attached hydrogens (primary N) is 1. The minimum atomic E-state index is -1.51. The molecule has 0 fully saturated rings. The molecular formula is C27H28N4O7. The molecule has 198 valence electrons. The van der Waals surface area contributed by atoms with Crippen LogP contribution >= 0.6 is 0 Å². The summed E-state index contributed by atoms with van der Waals surface area (Å²) in [6.07, 6.45) is -1.44. The van der Waals surface area contributed by atoms with Gasteiger partial charge in [-0.15, -0.1) is 0 Å². The van der Waals surface area contributed by atoms with E-state index in [0.717, 1.165) is 0 Å². The molecule has 0 aromatic heterocycles. The number of carboxylic acids is 1. The summed E-state index contributed by atoms with van der Waals surface area (Å²) in [5.74, 6) is -2.83. The standard InChI is InChI=1S/C27H28N4O7/c28-23(24(32)19-11-13-20(14-12-19)31(37)38)26(34)29-21(15-17-7-3-1-4-8-17)25(33)30-22(27(35)36)16-18-9-5-2-6-10-18/h1-14,21-24,32H,15-16,28H2,(H,29,34)(H,30,33)(H,35,36)/t21-,22-,23+,24-/m0/s1. The van der Waals surface area contributed by atoms with Gasteiger partial charge in [-0.3, -0.25) is 19.7 Å². The number of aliphatic hydroxyl groups excluding tert-OH is 1. The summed E-state index contributed by atoms with van der Waals surface area (Å²) >= 11 is 0. The van der Waals surface area contributed by atoms with Gasteiger partial charge < -0.3 is 26.6 Å². The van der Waals surface area contributed by atoms with E-state index in [1.165, 1.54) is 24.3 Å². The molecule has 0 radical (unpaired) electrons. The average Bonchev–Trinajstić information content (AvgIpc) is 2.92. The number of hydrogen-bond donors (Lipinski definition) is 5. The number of benzene rings is 3. The summed E-state index contributed by atoms with van der Waals surface area (Å²) in [6, 6.07) is 18.5. The zero-order valence-electron chi connectivity index (χ0n) is 20.3. The highest BCUT2D eigenvalue weighted by atomic mass is 16.6. The highest BCUT2D eigenvalue weighted by Gasteiger charge is 2.31. The molecule has 3 aromatic rings. The van der Waals surface area contributed by atoms with Crippen molar-refractivity contribution < 1.29 is 29.5 Å². The quantitative estimate of drug-likeness (QED) is 0.176. The Hall–Kier alpha value is -4.61. The molecule has 0 aliphatic carbocycles. The van der Waals surface area contributed by atoms with Crippen LogP contribution in [0.25, 0.3) is 0 Å². The van der Waals surface area contributed by atoms with Crippen molar-refractivity contribution in [2.24, 2.45) is 5.73 Å². The summed E-state index contributed by atoms with van der Waals surface area (Å²) in [5.41, 5.74) is 7.35. The van der Waals surface area contributed by atoms with Crippen LogP contribution in [0.1, 0.15) is 22.8 Å². The Morgan fingerprint density at radius 3 is 1.74 bits per heavy atom. The van der Waals surface area contributed by atoms with E-state index < -0.39 is 46.9 Å². The van der Waals surface area contributed by atoms with Gasteiger partial charge in [0.1, 0.15) is 24.2 Å². The second kappa shape index (κ2) is 13.1. The monoisotopic (exact) mass is 520 g/mol. The van der Waals surface area contributed by atoms with Gasteiger partial charge in [-0.05, 0) is 28.8 Å². The first-order chi connectivity index (χ1) is 18.2. The first-order valence-corrected chi connectivity index (χ1v) is 11.7. The van der Waals surface area contributed by atoms with E-state index in [-0.39, 0.29) is 24.1 Å². The molecule has 0 aliphatic heterocycles. The number of non-ortho nitro benzene ring substituents is 1. The zero-order valence-corrected chi connectivity index (χ0v) is 20.3. The lowest BCUT2D eigenvalue weighted by Gasteiger charge is -2.25. The molecule has 11 heteroatoms. The summed E-state index contributed by atoms with van der Waals surface area (Å²) in [5, 5.41) is 36.1. The van der Waals surface area contributed by atoms with Gasteiger partial charge in [0.15, 0.2) is 0 Å². The number of carbonyl (C=O) groups excluding carboxylic acids is 2. The number of aliphatic hydroxyl groups is 1. The molecular weight excluding hydrogens is 492 g/mol. The molecule has 0 spiro atoms. The molecule has 3 rings (SSSR count). The molecule has 0 aliphatic rings. The van der Waals surface area contributed by atoms with E-state index in [2.05, 4.69) is 10.6 Å². The zero-order chi connectivity index (χ0) is 27.7. The van der Waals surface area contributed by atoms with E-state index in [9.17, 15) is 34.7 Å². The van der Waals surface area contributed by atoms with Crippen LogP contribution in [-0.4, -0.2) is 51.0 Å². The number of nitro benzene ring substituents is 1. The topological polar surface area (TPSA) is 185 Å².